The van der Waals surface area contributed by atoms with Crippen LogP contribution in [0.5, 0.6) is 0 Å². The number of hydrogen-bond acceptors (Lipinski definition) is 2. The Morgan fingerprint density at radius 1 is 1.17 bits per heavy atom. The normalized spacial score (nSPS) is 34.5. The van der Waals surface area contributed by atoms with Gasteiger partial charge in [-0.3, -0.25) is 0 Å². The van der Waals surface area contributed by atoms with Crippen molar-refractivity contribution in [3.63, 3.8) is 0 Å². The number of rotatable bonds is 8. The first-order valence-electron chi connectivity index (χ1n) is 7.46. The van der Waals surface area contributed by atoms with Gasteiger partial charge in [-0.2, -0.15) is 0 Å². The summed E-state index contributed by atoms with van der Waals surface area (Å²) >= 11 is 0. The fraction of sp³-hybridized carbons (Fsp3) is 0.750. The molecular weight excluding hydrogens is 224 g/mol. The zero-order valence-electron chi connectivity index (χ0n) is 11.5. The van der Waals surface area contributed by atoms with Gasteiger partial charge >= 0.3 is 0 Å². The molecule has 18 heavy (non-hydrogen) atoms. The van der Waals surface area contributed by atoms with Crippen molar-refractivity contribution in [1.82, 2.24) is 0 Å². The first-order valence-corrected chi connectivity index (χ1v) is 7.46. The lowest BCUT2D eigenvalue weighted by molar-refractivity contribution is -0.336. The molecule has 1 unspecified atom stereocenters. The second-order valence-corrected chi connectivity index (χ2v) is 5.55. The molecule has 0 N–H and O–H groups in total. The summed E-state index contributed by atoms with van der Waals surface area (Å²) in [4.78, 5) is 10.7. The Balaban J connectivity index is 1.76. The molecule has 1 aliphatic carbocycles. The van der Waals surface area contributed by atoms with Crippen LogP contribution in [0.3, 0.4) is 0 Å². The van der Waals surface area contributed by atoms with Gasteiger partial charge in [0.1, 0.15) is 6.10 Å². The smallest absolute Gasteiger partial charge is 0.102 e. The molecule has 0 aromatic carbocycles. The van der Waals surface area contributed by atoms with Crippen LogP contribution in [0.25, 0.3) is 0 Å². The highest BCUT2D eigenvalue weighted by molar-refractivity contribution is 5.06. The molecule has 1 saturated carbocycles. The Kier molecular flexibility index (Phi) is 5.45. The second-order valence-electron chi connectivity index (χ2n) is 5.55. The van der Waals surface area contributed by atoms with Crippen LogP contribution in [-0.4, -0.2) is 12.2 Å². The zero-order valence-corrected chi connectivity index (χ0v) is 11.5. The maximum absolute atomic E-state index is 5.35. The van der Waals surface area contributed by atoms with Crippen molar-refractivity contribution in [1.29, 1.82) is 0 Å². The highest BCUT2D eigenvalue weighted by Gasteiger charge is 2.48. The Bertz CT molecular complexity index is 285. The van der Waals surface area contributed by atoms with Crippen LogP contribution >= 0.6 is 0 Å². The van der Waals surface area contributed by atoms with Crippen LogP contribution in [0, 0.1) is 11.8 Å². The molecule has 2 rings (SSSR count). The summed E-state index contributed by atoms with van der Waals surface area (Å²) in [6.07, 6.45) is 15.9. The predicted molar refractivity (Wildman–Crippen MR) is 74.1 cm³/mol. The molecule has 1 aliphatic heterocycles. The summed E-state index contributed by atoms with van der Waals surface area (Å²) in [5.41, 5.74) is 0. The van der Waals surface area contributed by atoms with Gasteiger partial charge < -0.3 is 0 Å². The van der Waals surface area contributed by atoms with Crippen molar-refractivity contribution >= 4 is 0 Å². The molecule has 0 aromatic rings. The summed E-state index contributed by atoms with van der Waals surface area (Å²) < 4.78 is 0. The maximum atomic E-state index is 5.35. The predicted octanol–water partition coefficient (Wildman–Crippen LogP) is 4.42. The minimum Gasteiger partial charge on any atom is -0.233 e. The lowest BCUT2D eigenvalue weighted by Gasteiger charge is -2.27. The fourth-order valence-electron chi connectivity index (χ4n) is 3.15. The highest BCUT2D eigenvalue weighted by atomic mass is 17.2. The van der Waals surface area contributed by atoms with Crippen molar-refractivity contribution in [2.45, 2.75) is 64.1 Å². The van der Waals surface area contributed by atoms with E-state index in [1.54, 1.807) is 0 Å². The quantitative estimate of drug-likeness (QED) is 0.360. The van der Waals surface area contributed by atoms with E-state index in [4.69, 9.17) is 9.78 Å². The van der Waals surface area contributed by atoms with E-state index in [-0.39, 0.29) is 6.10 Å². The molecular formula is C16H26O2. The largest absolute Gasteiger partial charge is 0.233 e. The van der Waals surface area contributed by atoms with Crippen LogP contribution in [0.1, 0.15) is 51.9 Å². The van der Waals surface area contributed by atoms with Crippen LogP contribution in [0.15, 0.2) is 24.8 Å². The molecule has 2 bridgehead atoms. The van der Waals surface area contributed by atoms with Crippen LogP contribution < -0.4 is 0 Å². The van der Waals surface area contributed by atoms with Crippen molar-refractivity contribution in [3.8, 4) is 0 Å². The third-order valence-electron chi connectivity index (χ3n) is 4.19. The van der Waals surface area contributed by atoms with Crippen LogP contribution in [-0.2, 0) is 9.78 Å². The van der Waals surface area contributed by atoms with Gasteiger partial charge in [-0.15, -0.1) is 6.58 Å². The average molecular weight is 250 g/mol. The van der Waals surface area contributed by atoms with Crippen molar-refractivity contribution < 1.29 is 9.78 Å². The van der Waals surface area contributed by atoms with Crippen LogP contribution in [0.2, 0.25) is 0 Å². The minimum absolute atomic E-state index is 0.284. The number of allylic oxidation sites excluding steroid dienone is 2. The molecule has 102 valence electrons. The second kappa shape index (κ2) is 7.10. The summed E-state index contributed by atoms with van der Waals surface area (Å²) in [6, 6.07) is 0. The standard InChI is InChI=1S/C16H26O2/c1-3-5-6-7-8-9-11-14-13(10-4-2)15-12-16(14)18-17-15/h4,9,11,13-16H,2-3,5-8,10,12H2,1H3/b11-9+/t13-,14?,15+,16-/m1/s1. The van der Waals surface area contributed by atoms with E-state index in [0.29, 0.717) is 17.9 Å². The SMILES string of the molecule is C=CC[C@@H]1C(/C=C/CCCCCC)[C@H]2C[C@@H]1OO2. The molecule has 2 nitrogen and oxygen atoms in total. The number of hydrogen-bond donors (Lipinski definition) is 0. The molecule has 0 radical (unpaired) electrons. The average Bonchev–Trinajstić information content (AvgIpc) is 2.96. The van der Waals surface area contributed by atoms with Gasteiger partial charge in [-0.05, 0) is 19.3 Å². The van der Waals surface area contributed by atoms with Crippen molar-refractivity contribution in [2.75, 3.05) is 0 Å². The van der Waals surface area contributed by atoms with E-state index >= 15 is 0 Å². The van der Waals surface area contributed by atoms with Gasteiger partial charge in [0.2, 0.25) is 0 Å². The van der Waals surface area contributed by atoms with E-state index in [2.05, 4.69) is 25.7 Å². The Morgan fingerprint density at radius 3 is 2.78 bits per heavy atom. The molecule has 2 aliphatic rings. The topological polar surface area (TPSA) is 18.5 Å². The monoisotopic (exact) mass is 250 g/mol. The van der Waals surface area contributed by atoms with Gasteiger partial charge in [-0.25, -0.2) is 9.78 Å². The molecule has 0 amide bonds. The Labute approximate surface area is 111 Å². The summed E-state index contributed by atoms with van der Waals surface area (Å²) in [5, 5.41) is 0. The Morgan fingerprint density at radius 2 is 2.00 bits per heavy atom. The van der Waals surface area contributed by atoms with Crippen LogP contribution in [0.4, 0.5) is 0 Å². The van der Waals surface area contributed by atoms with Crippen molar-refractivity contribution in [2.24, 2.45) is 11.8 Å². The summed E-state index contributed by atoms with van der Waals surface area (Å²) in [5.74, 6) is 1.11. The molecule has 1 heterocycles. The summed E-state index contributed by atoms with van der Waals surface area (Å²) in [6.45, 7) is 6.10. The lowest BCUT2D eigenvalue weighted by atomic mass is 9.89. The van der Waals surface area contributed by atoms with E-state index in [1.807, 2.05) is 6.08 Å². The molecule has 0 spiro atoms. The van der Waals surface area contributed by atoms with Crippen molar-refractivity contribution in [3.05, 3.63) is 24.8 Å². The van der Waals surface area contributed by atoms with Gasteiger partial charge in [-0.1, -0.05) is 44.4 Å². The van der Waals surface area contributed by atoms with Gasteiger partial charge in [0.05, 0.1) is 6.10 Å². The number of unbranched alkanes of at least 4 members (excludes halogenated alkanes) is 4. The minimum atomic E-state index is 0.284. The maximum Gasteiger partial charge on any atom is 0.102 e. The molecule has 1 saturated heterocycles. The summed E-state index contributed by atoms with van der Waals surface area (Å²) in [7, 11) is 0. The molecule has 2 heteroatoms. The fourth-order valence-corrected chi connectivity index (χ4v) is 3.15. The first kappa shape index (κ1) is 13.8. The number of fused-ring (bicyclic) bond motifs is 2. The third kappa shape index (κ3) is 3.24. The van der Waals surface area contributed by atoms with E-state index in [9.17, 15) is 0 Å². The zero-order chi connectivity index (χ0) is 12.8. The van der Waals surface area contributed by atoms with E-state index in [0.717, 1.165) is 12.8 Å². The first-order chi connectivity index (χ1) is 8.86. The van der Waals surface area contributed by atoms with Gasteiger partial charge in [0, 0.05) is 18.3 Å². The van der Waals surface area contributed by atoms with E-state index in [1.165, 1.54) is 32.1 Å². The van der Waals surface area contributed by atoms with Gasteiger partial charge in [0.25, 0.3) is 0 Å². The molecule has 2 fully saturated rings. The lowest BCUT2D eigenvalue weighted by Crippen LogP contribution is -2.28. The molecule has 4 atom stereocenters. The molecule has 0 aromatic heterocycles. The third-order valence-corrected chi connectivity index (χ3v) is 4.19. The van der Waals surface area contributed by atoms with Gasteiger partial charge in [0.15, 0.2) is 0 Å². The van der Waals surface area contributed by atoms with E-state index < -0.39 is 0 Å². The highest BCUT2D eigenvalue weighted by Crippen LogP contribution is 2.44. The Hall–Kier alpha value is -0.600.